The van der Waals surface area contributed by atoms with Crippen LogP contribution in [-0.2, 0) is 14.3 Å². The maximum Gasteiger partial charge on any atom is 0.325 e. The van der Waals surface area contributed by atoms with Crippen molar-refractivity contribution in [2.45, 2.75) is 0 Å². The Morgan fingerprint density at radius 2 is 2.04 bits per heavy atom. The van der Waals surface area contributed by atoms with Crippen molar-refractivity contribution in [1.29, 1.82) is 0 Å². The van der Waals surface area contributed by atoms with Gasteiger partial charge in [-0.25, -0.2) is 0 Å². The quantitative estimate of drug-likeness (QED) is 0.452. The molecule has 1 aromatic carbocycles. The molecule has 128 valence electrons. The van der Waals surface area contributed by atoms with Crippen LogP contribution >= 0.6 is 35.2 Å². The standard InChI is InChI=1S/C17H13ClN2O3S2/c1-23-15(21)10-19-14(9-13-3-2-8-25-13)16(22)20(17(19)24)12-6-4-11(18)5-7-12/h2-9H,10H2,1H3/b14-9+. The predicted octanol–water partition coefficient (Wildman–Crippen LogP) is 3.55. The molecular formula is C17H13ClN2O3S2. The number of hydrogen-bond acceptors (Lipinski definition) is 5. The molecule has 8 heteroatoms. The number of hydrogen-bond donors (Lipinski definition) is 0. The first-order valence-electron chi connectivity index (χ1n) is 7.25. The Kier molecular flexibility index (Phi) is 5.17. The monoisotopic (exact) mass is 392 g/mol. The second-order valence-corrected chi connectivity index (χ2v) is 6.89. The lowest BCUT2D eigenvalue weighted by molar-refractivity contribution is -0.140. The van der Waals surface area contributed by atoms with E-state index in [9.17, 15) is 9.59 Å². The van der Waals surface area contributed by atoms with Crippen molar-refractivity contribution < 1.29 is 14.3 Å². The minimum Gasteiger partial charge on any atom is -0.468 e. The van der Waals surface area contributed by atoms with Gasteiger partial charge in [-0.3, -0.25) is 14.5 Å². The lowest BCUT2D eigenvalue weighted by Gasteiger charge is -2.19. The number of halogens is 1. The Morgan fingerprint density at radius 1 is 1.32 bits per heavy atom. The maximum absolute atomic E-state index is 13.0. The Morgan fingerprint density at radius 3 is 2.64 bits per heavy atom. The van der Waals surface area contributed by atoms with Crippen LogP contribution in [0.4, 0.5) is 5.69 Å². The van der Waals surface area contributed by atoms with E-state index in [0.29, 0.717) is 16.4 Å². The fraction of sp³-hybridized carbons (Fsp3) is 0.118. The molecule has 25 heavy (non-hydrogen) atoms. The Bertz CT molecular complexity index is 847. The normalized spacial score (nSPS) is 16.0. The summed E-state index contributed by atoms with van der Waals surface area (Å²) < 4.78 is 4.72. The highest BCUT2D eigenvalue weighted by Crippen LogP contribution is 2.30. The molecule has 1 aromatic heterocycles. The summed E-state index contributed by atoms with van der Waals surface area (Å²) in [6.07, 6.45) is 1.72. The van der Waals surface area contributed by atoms with E-state index in [1.807, 2.05) is 17.5 Å². The van der Waals surface area contributed by atoms with Crippen molar-refractivity contribution in [2.24, 2.45) is 0 Å². The van der Waals surface area contributed by atoms with Gasteiger partial charge >= 0.3 is 5.97 Å². The molecule has 0 saturated carbocycles. The van der Waals surface area contributed by atoms with Gasteiger partial charge in [-0.1, -0.05) is 17.7 Å². The molecule has 1 amide bonds. The summed E-state index contributed by atoms with van der Waals surface area (Å²) in [6.45, 7) is -0.137. The van der Waals surface area contributed by atoms with Crippen LogP contribution in [0, 0.1) is 0 Å². The molecule has 2 heterocycles. The first-order valence-corrected chi connectivity index (χ1v) is 8.91. The van der Waals surface area contributed by atoms with Crippen molar-refractivity contribution >= 4 is 63.9 Å². The summed E-state index contributed by atoms with van der Waals surface area (Å²) >= 11 is 12.8. The zero-order valence-electron chi connectivity index (χ0n) is 13.1. The molecule has 1 saturated heterocycles. The van der Waals surface area contributed by atoms with Crippen LogP contribution in [-0.4, -0.2) is 35.5 Å². The molecule has 1 fully saturated rings. The number of carbonyl (C=O) groups excluding carboxylic acids is 2. The maximum atomic E-state index is 13.0. The number of benzene rings is 1. The van der Waals surface area contributed by atoms with E-state index >= 15 is 0 Å². The fourth-order valence-corrected chi connectivity index (χ4v) is 3.48. The summed E-state index contributed by atoms with van der Waals surface area (Å²) in [5, 5.41) is 2.69. The topological polar surface area (TPSA) is 49.9 Å². The minimum atomic E-state index is -0.481. The average molecular weight is 393 g/mol. The number of amides is 1. The smallest absolute Gasteiger partial charge is 0.325 e. The molecule has 0 atom stereocenters. The highest BCUT2D eigenvalue weighted by molar-refractivity contribution is 7.80. The Hall–Kier alpha value is -2.22. The van der Waals surface area contributed by atoms with Crippen molar-refractivity contribution in [1.82, 2.24) is 4.90 Å². The van der Waals surface area contributed by atoms with Crippen LogP contribution in [0.1, 0.15) is 4.88 Å². The second-order valence-electron chi connectivity index (χ2n) is 5.11. The number of methoxy groups -OCH3 is 1. The van der Waals surface area contributed by atoms with Gasteiger partial charge in [-0.2, -0.15) is 0 Å². The van der Waals surface area contributed by atoms with E-state index in [1.165, 1.54) is 28.2 Å². The van der Waals surface area contributed by atoms with Crippen LogP contribution < -0.4 is 4.90 Å². The van der Waals surface area contributed by atoms with E-state index < -0.39 is 5.97 Å². The van der Waals surface area contributed by atoms with E-state index in [2.05, 4.69) is 0 Å². The first kappa shape index (κ1) is 17.6. The molecule has 1 aliphatic rings. The van der Waals surface area contributed by atoms with Gasteiger partial charge in [0, 0.05) is 9.90 Å². The van der Waals surface area contributed by atoms with E-state index in [0.717, 1.165) is 4.88 Å². The summed E-state index contributed by atoms with van der Waals surface area (Å²) in [5.41, 5.74) is 0.914. The predicted molar refractivity (Wildman–Crippen MR) is 103 cm³/mol. The van der Waals surface area contributed by atoms with Gasteiger partial charge in [-0.15, -0.1) is 11.3 Å². The number of rotatable bonds is 4. The zero-order valence-corrected chi connectivity index (χ0v) is 15.5. The molecule has 1 aliphatic heterocycles. The number of carbonyl (C=O) groups is 2. The van der Waals surface area contributed by atoms with Crippen LogP contribution in [0.2, 0.25) is 5.02 Å². The second kappa shape index (κ2) is 7.35. The van der Waals surface area contributed by atoms with Crippen molar-refractivity contribution in [3.8, 4) is 0 Å². The number of anilines is 1. The van der Waals surface area contributed by atoms with Crippen molar-refractivity contribution in [3.05, 3.63) is 57.4 Å². The molecule has 0 aliphatic carbocycles. The van der Waals surface area contributed by atoms with Crippen molar-refractivity contribution in [3.63, 3.8) is 0 Å². The van der Waals surface area contributed by atoms with Crippen LogP contribution in [0.3, 0.4) is 0 Å². The van der Waals surface area contributed by atoms with Gasteiger partial charge in [0.2, 0.25) is 0 Å². The average Bonchev–Trinajstić information content (AvgIpc) is 3.19. The highest BCUT2D eigenvalue weighted by atomic mass is 35.5. The van der Waals surface area contributed by atoms with Gasteiger partial charge in [0.1, 0.15) is 12.2 Å². The van der Waals surface area contributed by atoms with E-state index in [-0.39, 0.29) is 17.6 Å². The van der Waals surface area contributed by atoms with Crippen LogP contribution in [0.5, 0.6) is 0 Å². The zero-order chi connectivity index (χ0) is 18.0. The van der Waals surface area contributed by atoms with Gasteiger partial charge in [0.25, 0.3) is 5.91 Å². The Labute approximate surface area is 159 Å². The molecule has 0 unspecified atom stereocenters. The number of thiocarbonyl (C=S) groups is 1. The molecule has 0 radical (unpaired) electrons. The van der Waals surface area contributed by atoms with Crippen LogP contribution in [0.25, 0.3) is 6.08 Å². The molecule has 0 N–H and O–H groups in total. The number of ether oxygens (including phenoxy) is 1. The lowest BCUT2D eigenvalue weighted by atomic mass is 10.2. The van der Waals surface area contributed by atoms with Crippen molar-refractivity contribution in [2.75, 3.05) is 18.6 Å². The van der Waals surface area contributed by atoms with E-state index in [1.54, 1.807) is 30.3 Å². The van der Waals surface area contributed by atoms with Gasteiger partial charge in [0.05, 0.1) is 12.8 Å². The fourth-order valence-electron chi connectivity index (χ4n) is 2.35. The largest absolute Gasteiger partial charge is 0.468 e. The molecular weight excluding hydrogens is 380 g/mol. The third-order valence-electron chi connectivity index (χ3n) is 3.56. The van der Waals surface area contributed by atoms with Gasteiger partial charge in [0.15, 0.2) is 5.11 Å². The summed E-state index contributed by atoms with van der Waals surface area (Å²) in [5.74, 6) is -0.783. The Balaban J connectivity index is 2.02. The molecule has 3 rings (SSSR count). The summed E-state index contributed by atoms with van der Waals surface area (Å²) in [4.78, 5) is 28.5. The number of thiophene rings is 1. The van der Waals surface area contributed by atoms with Gasteiger partial charge in [-0.05, 0) is 54.0 Å². The highest BCUT2D eigenvalue weighted by Gasteiger charge is 2.40. The summed E-state index contributed by atoms with van der Waals surface area (Å²) in [6, 6.07) is 10.5. The first-order chi connectivity index (χ1) is 12.0. The molecule has 0 spiro atoms. The molecule has 2 aromatic rings. The molecule has 0 bridgehead atoms. The summed E-state index contributed by atoms with van der Waals surface area (Å²) in [7, 11) is 1.29. The van der Waals surface area contributed by atoms with Gasteiger partial charge < -0.3 is 9.64 Å². The third-order valence-corrected chi connectivity index (χ3v) is 5.03. The third kappa shape index (κ3) is 3.58. The van der Waals surface area contributed by atoms with E-state index in [4.69, 9.17) is 28.6 Å². The lowest BCUT2D eigenvalue weighted by Crippen LogP contribution is -2.35. The number of nitrogens with zero attached hydrogens (tertiary/aromatic N) is 2. The number of esters is 1. The van der Waals surface area contributed by atoms with Crippen LogP contribution in [0.15, 0.2) is 47.5 Å². The SMILES string of the molecule is COC(=O)CN1C(=S)N(c2ccc(Cl)cc2)C(=O)/C1=C\c1cccs1. The minimum absolute atomic E-state index is 0.137. The molecule has 5 nitrogen and oxygen atoms in total.